The standard InChI is InChI=1S/C13H16BrNO4S/c14-10-4-6-11(7-5-10)20(18,19)15-8-9-2-1-3-12(9)13(16)17/h4-7,9,12,15H,1-3,8H2,(H,16,17). The molecule has 0 saturated heterocycles. The molecule has 0 aliphatic heterocycles. The Morgan fingerprint density at radius 3 is 2.55 bits per heavy atom. The molecule has 5 nitrogen and oxygen atoms in total. The summed E-state index contributed by atoms with van der Waals surface area (Å²) in [6.45, 7) is 0.176. The van der Waals surface area contributed by atoms with Crippen molar-refractivity contribution in [3.05, 3.63) is 28.7 Å². The van der Waals surface area contributed by atoms with Gasteiger partial charge in [0, 0.05) is 11.0 Å². The van der Waals surface area contributed by atoms with Crippen LogP contribution in [0, 0.1) is 11.8 Å². The fourth-order valence-corrected chi connectivity index (χ4v) is 3.88. The normalized spacial score (nSPS) is 22.9. The number of carbonyl (C=O) groups is 1. The third kappa shape index (κ3) is 3.59. The predicted octanol–water partition coefficient (Wildman–Crippen LogP) is 2.23. The van der Waals surface area contributed by atoms with E-state index in [4.69, 9.17) is 5.11 Å². The highest BCUT2D eigenvalue weighted by Gasteiger charge is 2.33. The average Bonchev–Trinajstić information content (AvgIpc) is 2.85. The van der Waals surface area contributed by atoms with Gasteiger partial charge >= 0.3 is 5.97 Å². The van der Waals surface area contributed by atoms with Gasteiger partial charge in [0.2, 0.25) is 10.0 Å². The largest absolute Gasteiger partial charge is 0.481 e. The van der Waals surface area contributed by atoms with Crippen molar-refractivity contribution >= 4 is 31.9 Å². The number of sulfonamides is 1. The van der Waals surface area contributed by atoms with E-state index in [0.717, 1.165) is 17.3 Å². The molecule has 20 heavy (non-hydrogen) atoms. The molecule has 0 aromatic heterocycles. The molecule has 1 aromatic carbocycles. The highest BCUT2D eigenvalue weighted by atomic mass is 79.9. The van der Waals surface area contributed by atoms with Gasteiger partial charge in [-0.15, -0.1) is 0 Å². The topological polar surface area (TPSA) is 83.5 Å². The maximum atomic E-state index is 12.1. The molecule has 2 unspecified atom stereocenters. The quantitative estimate of drug-likeness (QED) is 0.842. The molecule has 1 aliphatic rings. The summed E-state index contributed by atoms with van der Waals surface area (Å²) in [6, 6.07) is 6.33. The first-order valence-corrected chi connectivity index (χ1v) is 8.66. The summed E-state index contributed by atoms with van der Waals surface area (Å²) < 4.78 is 27.5. The summed E-state index contributed by atoms with van der Waals surface area (Å²) in [4.78, 5) is 11.2. The third-order valence-electron chi connectivity index (χ3n) is 3.64. The lowest BCUT2D eigenvalue weighted by Gasteiger charge is -2.16. The van der Waals surface area contributed by atoms with Gasteiger partial charge in [0.15, 0.2) is 0 Å². The van der Waals surface area contributed by atoms with Crippen molar-refractivity contribution in [2.45, 2.75) is 24.2 Å². The van der Waals surface area contributed by atoms with Gasteiger partial charge in [0.25, 0.3) is 0 Å². The molecule has 0 heterocycles. The van der Waals surface area contributed by atoms with Crippen LogP contribution in [0.15, 0.2) is 33.6 Å². The van der Waals surface area contributed by atoms with Crippen LogP contribution in [-0.4, -0.2) is 26.0 Å². The van der Waals surface area contributed by atoms with Crippen LogP contribution in [0.3, 0.4) is 0 Å². The first-order chi connectivity index (χ1) is 9.40. The molecule has 2 N–H and O–H groups in total. The molecule has 110 valence electrons. The van der Waals surface area contributed by atoms with Crippen molar-refractivity contribution < 1.29 is 18.3 Å². The first kappa shape index (κ1) is 15.5. The lowest BCUT2D eigenvalue weighted by Crippen LogP contribution is -2.33. The Balaban J connectivity index is 2.02. The van der Waals surface area contributed by atoms with Crippen molar-refractivity contribution in [3.63, 3.8) is 0 Å². The fourth-order valence-electron chi connectivity index (χ4n) is 2.52. The Kier molecular flexibility index (Phi) is 4.82. The maximum absolute atomic E-state index is 12.1. The number of hydrogen-bond acceptors (Lipinski definition) is 3. The van der Waals surface area contributed by atoms with E-state index in [2.05, 4.69) is 20.7 Å². The number of nitrogens with one attached hydrogen (secondary N) is 1. The minimum Gasteiger partial charge on any atom is -0.481 e. The summed E-state index contributed by atoms with van der Waals surface area (Å²) in [5, 5.41) is 9.08. The number of hydrogen-bond donors (Lipinski definition) is 2. The molecule has 0 radical (unpaired) electrons. The lowest BCUT2D eigenvalue weighted by atomic mass is 9.97. The zero-order valence-corrected chi connectivity index (χ0v) is 13.2. The summed E-state index contributed by atoms with van der Waals surface area (Å²) in [5.74, 6) is -1.41. The van der Waals surface area contributed by atoms with Crippen LogP contribution >= 0.6 is 15.9 Å². The first-order valence-electron chi connectivity index (χ1n) is 6.38. The fraction of sp³-hybridized carbons (Fsp3) is 0.462. The minimum absolute atomic E-state index is 0.127. The Morgan fingerprint density at radius 1 is 1.30 bits per heavy atom. The monoisotopic (exact) mass is 361 g/mol. The Bertz CT molecular complexity index is 585. The average molecular weight is 362 g/mol. The second-order valence-electron chi connectivity index (χ2n) is 4.94. The third-order valence-corrected chi connectivity index (χ3v) is 5.60. The van der Waals surface area contributed by atoms with E-state index in [9.17, 15) is 13.2 Å². The van der Waals surface area contributed by atoms with E-state index in [1.165, 1.54) is 12.1 Å². The van der Waals surface area contributed by atoms with Crippen molar-refractivity contribution in [3.8, 4) is 0 Å². The molecule has 1 aliphatic carbocycles. The van der Waals surface area contributed by atoms with Crippen molar-refractivity contribution in [2.75, 3.05) is 6.54 Å². The number of carboxylic acids is 1. The lowest BCUT2D eigenvalue weighted by molar-refractivity contribution is -0.142. The molecule has 2 atom stereocenters. The van der Waals surface area contributed by atoms with Gasteiger partial charge in [0.05, 0.1) is 10.8 Å². The molecule has 0 bridgehead atoms. The van der Waals surface area contributed by atoms with Crippen molar-refractivity contribution in [1.29, 1.82) is 0 Å². The molecule has 1 fully saturated rings. The summed E-state index contributed by atoms with van der Waals surface area (Å²) in [7, 11) is -3.58. The van der Waals surface area contributed by atoms with Gasteiger partial charge in [-0.05, 0) is 43.0 Å². The van der Waals surface area contributed by atoms with Crippen LogP contribution in [0.25, 0.3) is 0 Å². The van der Waals surface area contributed by atoms with Gasteiger partial charge in [-0.2, -0.15) is 0 Å². The molecule has 0 spiro atoms. The number of rotatable bonds is 5. The van der Waals surface area contributed by atoms with E-state index in [1.54, 1.807) is 12.1 Å². The summed E-state index contributed by atoms with van der Waals surface area (Å²) >= 11 is 3.25. The van der Waals surface area contributed by atoms with Crippen LogP contribution in [-0.2, 0) is 14.8 Å². The van der Waals surface area contributed by atoms with E-state index in [-0.39, 0.29) is 17.4 Å². The number of halogens is 1. The minimum atomic E-state index is -3.58. The van der Waals surface area contributed by atoms with Crippen LogP contribution in [0.2, 0.25) is 0 Å². The van der Waals surface area contributed by atoms with Crippen LogP contribution in [0.4, 0.5) is 0 Å². The van der Waals surface area contributed by atoms with E-state index >= 15 is 0 Å². The molecule has 0 amide bonds. The van der Waals surface area contributed by atoms with Crippen LogP contribution in [0.5, 0.6) is 0 Å². The van der Waals surface area contributed by atoms with Crippen LogP contribution < -0.4 is 4.72 Å². The van der Waals surface area contributed by atoms with Gasteiger partial charge in [-0.3, -0.25) is 4.79 Å². The van der Waals surface area contributed by atoms with E-state index in [0.29, 0.717) is 6.42 Å². The van der Waals surface area contributed by atoms with Gasteiger partial charge < -0.3 is 5.11 Å². The Hall–Kier alpha value is -0.920. The molecule has 1 aromatic rings. The Morgan fingerprint density at radius 2 is 1.95 bits per heavy atom. The van der Waals surface area contributed by atoms with E-state index < -0.39 is 21.9 Å². The zero-order chi connectivity index (χ0) is 14.8. The SMILES string of the molecule is O=C(O)C1CCCC1CNS(=O)(=O)c1ccc(Br)cc1. The second-order valence-corrected chi connectivity index (χ2v) is 7.62. The molecule has 7 heteroatoms. The second kappa shape index (κ2) is 6.24. The summed E-state index contributed by atoms with van der Waals surface area (Å²) in [5.41, 5.74) is 0. The molecular formula is C13H16BrNO4S. The number of aliphatic carboxylic acids is 1. The zero-order valence-electron chi connectivity index (χ0n) is 10.8. The number of carboxylic acid groups (broad SMARTS) is 1. The smallest absolute Gasteiger partial charge is 0.306 e. The highest BCUT2D eigenvalue weighted by molar-refractivity contribution is 9.10. The van der Waals surface area contributed by atoms with Crippen LogP contribution in [0.1, 0.15) is 19.3 Å². The molecule has 2 rings (SSSR count). The van der Waals surface area contributed by atoms with Crippen molar-refractivity contribution in [2.24, 2.45) is 11.8 Å². The van der Waals surface area contributed by atoms with Crippen molar-refractivity contribution in [1.82, 2.24) is 4.72 Å². The summed E-state index contributed by atoms with van der Waals surface area (Å²) in [6.07, 6.45) is 2.21. The molecular weight excluding hydrogens is 346 g/mol. The predicted molar refractivity (Wildman–Crippen MR) is 77.8 cm³/mol. The van der Waals surface area contributed by atoms with Gasteiger partial charge in [-0.25, -0.2) is 13.1 Å². The van der Waals surface area contributed by atoms with Gasteiger partial charge in [-0.1, -0.05) is 22.4 Å². The number of benzene rings is 1. The Labute approximate surface area is 126 Å². The van der Waals surface area contributed by atoms with Gasteiger partial charge in [0.1, 0.15) is 0 Å². The highest BCUT2D eigenvalue weighted by Crippen LogP contribution is 2.31. The molecule has 1 saturated carbocycles. The van der Waals surface area contributed by atoms with E-state index in [1.807, 2.05) is 0 Å². The maximum Gasteiger partial charge on any atom is 0.306 e.